The van der Waals surface area contributed by atoms with Crippen LogP contribution in [0.5, 0.6) is 0 Å². The van der Waals surface area contributed by atoms with Gasteiger partial charge in [0, 0.05) is 35.9 Å². The molecule has 1 unspecified atom stereocenters. The third kappa shape index (κ3) is 5.51. The summed E-state index contributed by atoms with van der Waals surface area (Å²) >= 11 is 1.51. The van der Waals surface area contributed by atoms with Crippen molar-refractivity contribution in [2.45, 2.75) is 51.8 Å². The highest BCUT2D eigenvalue weighted by molar-refractivity contribution is 7.10. The first-order valence-electron chi connectivity index (χ1n) is 7.83. The van der Waals surface area contributed by atoms with E-state index in [0.29, 0.717) is 18.7 Å². The largest absolute Gasteiger partial charge is 0.444 e. The van der Waals surface area contributed by atoms with E-state index in [0.717, 1.165) is 24.3 Å². The maximum absolute atomic E-state index is 12.1. The van der Waals surface area contributed by atoms with E-state index in [-0.39, 0.29) is 12.1 Å². The Kier molecular flexibility index (Phi) is 5.64. The van der Waals surface area contributed by atoms with Crippen molar-refractivity contribution in [3.05, 3.63) is 21.9 Å². The van der Waals surface area contributed by atoms with Gasteiger partial charge in [-0.25, -0.2) is 4.79 Å². The van der Waals surface area contributed by atoms with Crippen molar-refractivity contribution in [2.24, 2.45) is 5.73 Å². The minimum atomic E-state index is -0.473. The molecule has 0 saturated carbocycles. The molecule has 1 aromatic rings. The number of hydrogen-bond acceptors (Lipinski definition) is 5. The molecule has 2 rings (SSSR count). The van der Waals surface area contributed by atoms with Gasteiger partial charge in [0.15, 0.2) is 0 Å². The molecule has 1 aliphatic heterocycles. The molecule has 128 valence electrons. The molecule has 2 heterocycles. The van der Waals surface area contributed by atoms with Gasteiger partial charge < -0.3 is 20.7 Å². The first kappa shape index (κ1) is 17.7. The van der Waals surface area contributed by atoms with Gasteiger partial charge in [0.1, 0.15) is 5.60 Å². The van der Waals surface area contributed by atoms with Crippen molar-refractivity contribution in [3.63, 3.8) is 0 Å². The highest BCUT2D eigenvalue weighted by Gasteiger charge is 2.27. The van der Waals surface area contributed by atoms with Crippen molar-refractivity contribution >= 4 is 23.3 Å². The zero-order valence-corrected chi connectivity index (χ0v) is 14.7. The number of amides is 2. The van der Waals surface area contributed by atoms with Crippen molar-refractivity contribution in [3.8, 4) is 0 Å². The van der Waals surface area contributed by atoms with Crippen LogP contribution in [0.15, 0.2) is 11.4 Å². The van der Waals surface area contributed by atoms with Crippen LogP contribution in [0.1, 0.15) is 48.8 Å². The fourth-order valence-electron chi connectivity index (χ4n) is 2.48. The van der Waals surface area contributed by atoms with E-state index in [4.69, 9.17) is 10.5 Å². The van der Waals surface area contributed by atoms with Gasteiger partial charge in [-0.15, -0.1) is 11.3 Å². The van der Waals surface area contributed by atoms with Crippen LogP contribution in [-0.2, 0) is 11.3 Å². The molecule has 7 heteroatoms. The van der Waals surface area contributed by atoms with Crippen LogP contribution in [0.2, 0.25) is 0 Å². The number of carbonyl (C=O) groups is 2. The fourth-order valence-corrected chi connectivity index (χ4v) is 3.31. The number of ether oxygens (including phenoxy) is 1. The first-order valence-corrected chi connectivity index (χ1v) is 8.71. The summed E-state index contributed by atoms with van der Waals surface area (Å²) in [5.74, 6) is -0.402. The van der Waals surface area contributed by atoms with Crippen molar-refractivity contribution in [2.75, 3.05) is 13.1 Å². The van der Waals surface area contributed by atoms with E-state index < -0.39 is 11.5 Å². The topological polar surface area (TPSA) is 84.7 Å². The Bertz CT molecular complexity index is 565. The maximum Gasteiger partial charge on any atom is 0.410 e. The first-order chi connectivity index (χ1) is 10.7. The van der Waals surface area contributed by atoms with Crippen LogP contribution >= 0.6 is 11.3 Å². The summed E-state index contributed by atoms with van der Waals surface area (Å²) in [6.45, 7) is 7.67. The lowest BCUT2D eigenvalue weighted by Gasteiger charge is -2.34. The minimum absolute atomic E-state index is 0.232. The maximum atomic E-state index is 12.1. The molecule has 0 spiro atoms. The Morgan fingerprint density at radius 1 is 1.48 bits per heavy atom. The van der Waals surface area contributed by atoms with Gasteiger partial charge in [-0.2, -0.15) is 0 Å². The number of nitrogens with one attached hydrogen (secondary N) is 1. The molecule has 0 aromatic carbocycles. The third-order valence-corrected chi connectivity index (χ3v) is 4.51. The summed E-state index contributed by atoms with van der Waals surface area (Å²) < 4.78 is 5.43. The molecular weight excluding hydrogens is 314 g/mol. The average Bonchev–Trinajstić information content (AvgIpc) is 2.93. The number of thiophene rings is 1. The number of piperidine rings is 1. The summed E-state index contributed by atoms with van der Waals surface area (Å²) in [5.41, 5.74) is 5.33. The van der Waals surface area contributed by atoms with E-state index in [9.17, 15) is 9.59 Å². The van der Waals surface area contributed by atoms with Gasteiger partial charge in [-0.1, -0.05) is 0 Å². The van der Waals surface area contributed by atoms with Crippen LogP contribution in [0.25, 0.3) is 0 Å². The van der Waals surface area contributed by atoms with Crippen molar-refractivity contribution in [1.29, 1.82) is 0 Å². The summed E-state index contributed by atoms with van der Waals surface area (Å²) in [6.07, 6.45) is 1.72. The zero-order chi connectivity index (χ0) is 17.0. The fraction of sp³-hybridized carbons (Fsp3) is 0.625. The van der Waals surface area contributed by atoms with Crippen molar-refractivity contribution in [1.82, 2.24) is 10.2 Å². The second-order valence-electron chi connectivity index (χ2n) is 6.81. The highest BCUT2D eigenvalue weighted by atomic mass is 32.1. The Hall–Kier alpha value is -1.60. The van der Waals surface area contributed by atoms with Gasteiger partial charge in [-0.05, 0) is 39.7 Å². The van der Waals surface area contributed by atoms with Gasteiger partial charge >= 0.3 is 6.09 Å². The lowest BCUT2D eigenvalue weighted by molar-refractivity contribution is 0.0187. The molecule has 0 aliphatic carbocycles. The quantitative estimate of drug-likeness (QED) is 0.882. The summed E-state index contributed by atoms with van der Waals surface area (Å²) in [7, 11) is 0. The van der Waals surface area contributed by atoms with Gasteiger partial charge in [0.25, 0.3) is 0 Å². The molecule has 1 atom stereocenters. The SMILES string of the molecule is CC(C)(C)OC(=O)N1CCCC(NCc2cc(C(N)=O)cs2)C1. The Morgan fingerprint density at radius 3 is 2.83 bits per heavy atom. The van der Waals surface area contributed by atoms with E-state index in [1.165, 1.54) is 11.3 Å². The van der Waals surface area contributed by atoms with Crippen LogP contribution in [0, 0.1) is 0 Å². The molecule has 0 radical (unpaired) electrons. The molecule has 1 saturated heterocycles. The average molecular weight is 339 g/mol. The zero-order valence-electron chi connectivity index (χ0n) is 13.9. The predicted octanol–water partition coefficient (Wildman–Crippen LogP) is 2.34. The lowest BCUT2D eigenvalue weighted by Crippen LogP contribution is -2.49. The summed E-state index contributed by atoms with van der Waals surface area (Å²) in [5, 5.41) is 5.22. The number of nitrogens with two attached hydrogens (primary N) is 1. The summed E-state index contributed by atoms with van der Waals surface area (Å²) in [4.78, 5) is 26.1. The minimum Gasteiger partial charge on any atom is -0.444 e. The van der Waals surface area contributed by atoms with Crippen LogP contribution in [-0.4, -0.2) is 41.6 Å². The van der Waals surface area contributed by atoms with E-state index in [1.807, 2.05) is 26.8 Å². The van der Waals surface area contributed by atoms with Crippen molar-refractivity contribution < 1.29 is 14.3 Å². The molecular formula is C16H25N3O3S. The number of rotatable bonds is 4. The number of nitrogens with zero attached hydrogens (tertiary/aromatic N) is 1. The van der Waals surface area contributed by atoms with E-state index >= 15 is 0 Å². The number of carbonyl (C=O) groups excluding carboxylic acids is 2. The van der Waals surface area contributed by atoms with Gasteiger partial charge in [0.2, 0.25) is 5.91 Å². The molecule has 3 N–H and O–H groups in total. The van der Waals surface area contributed by atoms with E-state index in [2.05, 4.69) is 5.32 Å². The molecule has 1 aromatic heterocycles. The standard InChI is InChI=1S/C16H25N3O3S/c1-16(2,3)22-15(21)19-6-4-5-12(9-19)18-8-13-7-11(10-23-13)14(17)20/h7,10,12,18H,4-6,8-9H2,1-3H3,(H2,17,20). The molecule has 23 heavy (non-hydrogen) atoms. The molecule has 1 fully saturated rings. The predicted molar refractivity (Wildman–Crippen MR) is 90.5 cm³/mol. The molecule has 1 aliphatic rings. The Morgan fingerprint density at radius 2 is 2.22 bits per heavy atom. The second kappa shape index (κ2) is 7.31. The second-order valence-corrected chi connectivity index (χ2v) is 7.81. The molecule has 6 nitrogen and oxygen atoms in total. The third-order valence-electron chi connectivity index (χ3n) is 3.58. The van der Waals surface area contributed by atoms with Crippen LogP contribution in [0.3, 0.4) is 0 Å². The van der Waals surface area contributed by atoms with Crippen LogP contribution in [0.4, 0.5) is 4.79 Å². The molecule has 0 bridgehead atoms. The number of hydrogen-bond donors (Lipinski definition) is 2. The Labute approximate surface area is 141 Å². The monoisotopic (exact) mass is 339 g/mol. The normalized spacial score (nSPS) is 18.7. The highest BCUT2D eigenvalue weighted by Crippen LogP contribution is 2.17. The number of primary amides is 1. The number of likely N-dealkylation sites (tertiary alicyclic amines) is 1. The van der Waals surface area contributed by atoms with E-state index in [1.54, 1.807) is 10.3 Å². The lowest BCUT2D eigenvalue weighted by atomic mass is 10.1. The Balaban J connectivity index is 1.83. The van der Waals surface area contributed by atoms with Crippen LogP contribution < -0.4 is 11.1 Å². The summed E-state index contributed by atoms with van der Waals surface area (Å²) in [6, 6.07) is 2.05. The van der Waals surface area contributed by atoms with Gasteiger partial charge in [-0.3, -0.25) is 4.79 Å². The smallest absolute Gasteiger partial charge is 0.410 e. The molecule has 2 amide bonds. The van der Waals surface area contributed by atoms with Gasteiger partial charge in [0.05, 0.1) is 5.56 Å².